The molecule has 2 heterocycles. The maximum absolute atomic E-state index is 12.6. The van der Waals surface area contributed by atoms with Gasteiger partial charge in [-0.2, -0.15) is 10.4 Å². The number of aromatic nitrogens is 3. The molecule has 2 aromatic heterocycles. The van der Waals surface area contributed by atoms with E-state index in [-0.39, 0.29) is 17.6 Å². The number of halogens is 1. The predicted molar refractivity (Wildman–Crippen MR) is 159 cm³/mol. The maximum atomic E-state index is 12.6. The Labute approximate surface area is 244 Å². The SMILES string of the molecule is N#Cc1c(NC(=O)CSc2nnc(N/N=C/c3ccccc3OCc3ccccc3Cl)n2N)sc2c1CCCC2. The van der Waals surface area contributed by atoms with Crippen molar-refractivity contribution in [3.63, 3.8) is 0 Å². The summed E-state index contributed by atoms with van der Waals surface area (Å²) in [6.07, 6.45) is 5.60. The number of nitrogen functional groups attached to an aromatic ring is 1. The number of hydrogen-bond acceptors (Lipinski definition) is 10. The molecule has 4 aromatic rings. The van der Waals surface area contributed by atoms with Crippen LogP contribution in [-0.2, 0) is 24.2 Å². The highest BCUT2D eigenvalue weighted by atomic mass is 35.5. The number of ether oxygens (including phenoxy) is 1. The standard InChI is InChI=1S/C27H25ClN8O2S2/c28-21-10-4-1-8-18(21)15-38-22-11-5-2-7-17(22)14-31-33-26-34-35-27(36(26)30)39-16-24(37)32-25-20(13-29)19-9-3-6-12-23(19)40-25/h1-2,4-5,7-8,10-11,14H,3,6,9,12,15-16,30H2,(H,32,37)(H,33,34)/b31-14+. The Balaban J connectivity index is 1.16. The second-order valence-electron chi connectivity index (χ2n) is 8.83. The number of thiophene rings is 1. The second kappa shape index (κ2) is 12.9. The number of thioether (sulfide) groups is 1. The number of carbonyl (C=O) groups is 1. The summed E-state index contributed by atoms with van der Waals surface area (Å²) >= 11 is 8.85. The van der Waals surface area contributed by atoms with Gasteiger partial charge in [0.05, 0.1) is 17.5 Å². The van der Waals surface area contributed by atoms with Crippen LogP contribution in [0.4, 0.5) is 10.9 Å². The van der Waals surface area contributed by atoms with E-state index in [4.69, 9.17) is 22.2 Å². The Bertz CT molecular complexity index is 1590. The van der Waals surface area contributed by atoms with Crippen molar-refractivity contribution in [2.75, 3.05) is 22.3 Å². The molecule has 0 fully saturated rings. The third-order valence-electron chi connectivity index (χ3n) is 6.16. The number of nitrogens with zero attached hydrogens (tertiary/aromatic N) is 5. The number of benzene rings is 2. The number of nitrogens with two attached hydrogens (primary N) is 1. The van der Waals surface area contributed by atoms with Gasteiger partial charge in [0, 0.05) is 21.0 Å². The van der Waals surface area contributed by atoms with Crippen LogP contribution in [-0.4, -0.2) is 32.7 Å². The molecular formula is C27H25ClN8O2S2. The number of aryl methyl sites for hydroxylation is 1. The van der Waals surface area contributed by atoms with Gasteiger partial charge in [-0.25, -0.2) is 10.1 Å². The molecule has 0 aliphatic heterocycles. The molecule has 1 amide bonds. The predicted octanol–water partition coefficient (Wildman–Crippen LogP) is 5.21. The Morgan fingerprint density at radius 1 is 1.23 bits per heavy atom. The largest absolute Gasteiger partial charge is 0.488 e. The molecule has 0 atom stereocenters. The van der Waals surface area contributed by atoms with E-state index < -0.39 is 0 Å². The fourth-order valence-electron chi connectivity index (χ4n) is 4.17. The molecule has 1 aliphatic carbocycles. The van der Waals surface area contributed by atoms with Crippen LogP contribution in [0.2, 0.25) is 5.02 Å². The maximum Gasteiger partial charge on any atom is 0.264 e. The van der Waals surface area contributed by atoms with Crippen LogP contribution in [0.5, 0.6) is 5.75 Å². The number of rotatable bonds is 10. The zero-order chi connectivity index (χ0) is 27.9. The lowest BCUT2D eigenvalue weighted by Crippen LogP contribution is -2.17. The number of amides is 1. The Morgan fingerprint density at radius 3 is 2.88 bits per heavy atom. The van der Waals surface area contributed by atoms with Gasteiger partial charge in [-0.05, 0) is 49.4 Å². The first-order valence-corrected chi connectivity index (χ1v) is 14.6. The summed E-state index contributed by atoms with van der Waals surface area (Å²) in [5.74, 6) is 6.76. The first-order chi connectivity index (χ1) is 19.5. The molecule has 10 nitrogen and oxygen atoms in total. The summed E-state index contributed by atoms with van der Waals surface area (Å²) < 4.78 is 7.17. The van der Waals surface area contributed by atoms with E-state index >= 15 is 0 Å². The number of carbonyl (C=O) groups excluding carboxylic acids is 1. The van der Waals surface area contributed by atoms with Crippen molar-refractivity contribution < 1.29 is 9.53 Å². The van der Waals surface area contributed by atoms with E-state index in [0.717, 1.165) is 54.1 Å². The van der Waals surface area contributed by atoms with Crippen LogP contribution in [0.1, 0.15) is 40.0 Å². The van der Waals surface area contributed by atoms with Crippen LogP contribution in [0.15, 0.2) is 58.8 Å². The van der Waals surface area contributed by atoms with Crippen LogP contribution < -0.4 is 21.3 Å². The molecule has 0 saturated heterocycles. The number of anilines is 2. The van der Waals surface area contributed by atoms with Gasteiger partial charge in [0.1, 0.15) is 23.4 Å². The molecule has 5 rings (SSSR count). The molecule has 40 heavy (non-hydrogen) atoms. The van der Waals surface area contributed by atoms with E-state index in [1.165, 1.54) is 20.9 Å². The second-order valence-corrected chi connectivity index (χ2v) is 11.3. The number of hydrazone groups is 1. The third-order valence-corrected chi connectivity index (χ3v) is 8.68. The number of hydrogen-bond donors (Lipinski definition) is 3. The third kappa shape index (κ3) is 6.39. The van der Waals surface area contributed by atoms with Gasteiger partial charge in [0.15, 0.2) is 0 Å². The van der Waals surface area contributed by atoms with Gasteiger partial charge in [-0.15, -0.1) is 21.5 Å². The Hall–Kier alpha value is -4.05. The summed E-state index contributed by atoms with van der Waals surface area (Å²) in [6.45, 7) is 0.315. The zero-order valence-corrected chi connectivity index (χ0v) is 23.7. The molecule has 13 heteroatoms. The number of para-hydroxylation sites is 1. The lowest BCUT2D eigenvalue weighted by atomic mass is 9.96. The van der Waals surface area contributed by atoms with Crippen molar-refractivity contribution >= 4 is 57.8 Å². The van der Waals surface area contributed by atoms with Crippen LogP contribution in [0.25, 0.3) is 0 Å². The van der Waals surface area contributed by atoms with Crippen molar-refractivity contribution in [3.05, 3.63) is 80.7 Å². The highest BCUT2D eigenvalue weighted by molar-refractivity contribution is 7.99. The topological polar surface area (TPSA) is 143 Å². The highest BCUT2D eigenvalue weighted by Gasteiger charge is 2.22. The fraction of sp³-hybridized carbons (Fsp3) is 0.222. The van der Waals surface area contributed by atoms with E-state index in [0.29, 0.717) is 33.1 Å². The number of nitrogens with one attached hydrogen (secondary N) is 2. The quantitative estimate of drug-likeness (QED) is 0.0985. The molecule has 0 radical (unpaired) electrons. The van der Waals surface area contributed by atoms with Crippen LogP contribution in [0, 0.1) is 11.3 Å². The molecule has 1 aliphatic rings. The molecule has 0 unspecified atom stereocenters. The molecule has 204 valence electrons. The molecule has 0 spiro atoms. The van der Waals surface area contributed by atoms with Crippen molar-refractivity contribution in [3.8, 4) is 11.8 Å². The first-order valence-electron chi connectivity index (χ1n) is 12.5. The summed E-state index contributed by atoms with van der Waals surface area (Å²) in [5, 5.41) is 26.3. The van der Waals surface area contributed by atoms with Gasteiger partial charge < -0.3 is 15.9 Å². The minimum Gasteiger partial charge on any atom is -0.488 e. The average Bonchev–Trinajstić information content (AvgIpc) is 3.50. The van der Waals surface area contributed by atoms with Crippen molar-refractivity contribution in [1.82, 2.24) is 14.9 Å². The van der Waals surface area contributed by atoms with Gasteiger partial charge in [-0.3, -0.25) is 4.79 Å². The lowest BCUT2D eigenvalue weighted by Gasteiger charge is -2.10. The van der Waals surface area contributed by atoms with Gasteiger partial charge in [0.2, 0.25) is 11.1 Å². The minimum absolute atomic E-state index is 0.0577. The van der Waals surface area contributed by atoms with Gasteiger partial charge in [0.25, 0.3) is 5.95 Å². The van der Waals surface area contributed by atoms with Crippen molar-refractivity contribution in [1.29, 1.82) is 5.26 Å². The number of nitriles is 1. The molecule has 0 bridgehead atoms. The van der Waals surface area contributed by atoms with Gasteiger partial charge in [-0.1, -0.05) is 53.7 Å². The summed E-state index contributed by atoms with van der Waals surface area (Å²) in [6, 6.07) is 17.2. The summed E-state index contributed by atoms with van der Waals surface area (Å²) in [4.78, 5) is 13.8. The van der Waals surface area contributed by atoms with E-state index in [1.807, 2.05) is 48.5 Å². The first kappa shape index (κ1) is 27.5. The normalized spacial score (nSPS) is 12.6. The van der Waals surface area contributed by atoms with Crippen LogP contribution >= 0.6 is 34.7 Å². The molecule has 4 N–H and O–H groups in total. The van der Waals surface area contributed by atoms with E-state index in [9.17, 15) is 10.1 Å². The summed E-state index contributed by atoms with van der Waals surface area (Å²) in [7, 11) is 0. The van der Waals surface area contributed by atoms with Crippen LogP contribution in [0.3, 0.4) is 0 Å². The van der Waals surface area contributed by atoms with Crippen molar-refractivity contribution in [2.24, 2.45) is 5.10 Å². The number of fused-ring (bicyclic) bond motifs is 1. The molecular weight excluding hydrogens is 568 g/mol. The average molecular weight is 593 g/mol. The van der Waals surface area contributed by atoms with Crippen molar-refractivity contribution in [2.45, 2.75) is 37.4 Å². The zero-order valence-electron chi connectivity index (χ0n) is 21.3. The Kier molecular flexibility index (Phi) is 8.85. The van der Waals surface area contributed by atoms with E-state index in [2.05, 4.69) is 32.1 Å². The molecule has 0 saturated carbocycles. The lowest BCUT2D eigenvalue weighted by molar-refractivity contribution is -0.113. The monoisotopic (exact) mass is 592 g/mol. The minimum atomic E-state index is -0.246. The smallest absolute Gasteiger partial charge is 0.264 e. The van der Waals surface area contributed by atoms with E-state index in [1.54, 1.807) is 6.21 Å². The molecule has 2 aromatic carbocycles. The Morgan fingerprint density at radius 2 is 2.02 bits per heavy atom. The fourth-order valence-corrected chi connectivity index (χ4v) is 6.27. The summed E-state index contributed by atoms with van der Waals surface area (Å²) in [5.41, 5.74) is 6.05. The highest BCUT2D eigenvalue weighted by Crippen LogP contribution is 2.37. The van der Waals surface area contributed by atoms with Gasteiger partial charge >= 0.3 is 0 Å².